The number of carbonyl (C=O) groups excluding carboxylic acids is 2. The average molecular weight is 468 g/mol. The molecule has 0 aromatic heterocycles. The number of nitrogens with two attached hydrogens (primary N) is 1. The summed E-state index contributed by atoms with van der Waals surface area (Å²) in [5, 5.41) is 21.4. The van der Waals surface area contributed by atoms with Gasteiger partial charge in [0, 0.05) is 12.8 Å². The van der Waals surface area contributed by atoms with E-state index in [2.05, 4.69) is 4.84 Å². The van der Waals surface area contributed by atoms with Crippen LogP contribution in [0.15, 0.2) is 53.4 Å². The van der Waals surface area contributed by atoms with Gasteiger partial charge in [-0.15, -0.1) is 0 Å². The second-order valence-electron chi connectivity index (χ2n) is 6.62. The van der Waals surface area contributed by atoms with Gasteiger partial charge in [-0.3, -0.25) is 20.0 Å². The Bertz CT molecular complexity index is 991. The second-order valence-corrected chi connectivity index (χ2v) is 8.18. The fourth-order valence-electron chi connectivity index (χ4n) is 2.54. The number of sulfonamides is 1. The van der Waals surface area contributed by atoms with Gasteiger partial charge >= 0.3 is 11.9 Å². The average Bonchev–Trinajstić information content (AvgIpc) is 2.74. The highest BCUT2D eigenvalue weighted by atomic mass is 32.2. The maximum atomic E-state index is 12.2. The normalized spacial score (nSPS) is 11.4. The molecular weight excluding hydrogens is 444 g/mol. The number of primary sulfonamides is 1. The highest BCUT2D eigenvalue weighted by Crippen LogP contribution is 2.16. The third-order valence-electron chi connectivity index (χ3n) is 4.19. The molecule has 0 fully saturated rings. The minimum atomic E-state index is -3.84. The standard InChI is InChI=1S/C20H24N2O9S/c21-32(27,28)18-10-6-16(7-11-18)20(24)31-17-8-4-15(5-9-17)12-14-29-19(23)3-1-2-13-30-22(25)26/h4-11,25-26H,1-3,12-14H2,(H2,21,27,28). The van der Waals surface area contributed by atoms with Gasteiger partial charge < -0.3 is 9.47 Å². The Morgan fingerprint density at radius 2 is 1.59 bits per heavy atom. The molecule has 2 aromatic rings. The first kappa shape index (κ1) is 25.4. The van der Waals surface area contributed by atoms with Crippen molar-refractivity contribution >= 4 is 22.0 Å². The number of benzene rings is 2. The van der Waals surface area contributed by atoms with Gasteiger partial charge in [0.05, 0.1) is 29.1 Å². The van der Waals surface area contributed by atoms with Crippen LogP contribution in [0.25, 0.3) is 0 Å². The zero-order chi connectivity index (χ0) is 23.6. The van der Waals surface area contributed by atoms with Gasteiger partial charge in [0.2, 0.25) is 10.0 Å². The molecule has 0 saturated heterocycles. The molecule has 12 heteroatoms. The van der Waals surface area contributed by atoms with Crippen LogP contribution in [-0.4, -0.2) is 49.4 Å². The van der Waals surface area contributed by atoms with Crippen LogP contribution in [0, 0.1) is 0 Å². The number of esters is 2. The molecule has 0 unspecified atom stereocenters. The van der Waals surface area contributed by atoms with Crippen LogP contribution in [-0.2, 0) is 30.8 Å². The van der Waals surface area contributed by atoms with Crippen molar-refractivity contribution in [3.8, 4) is 5.75 Å². The molecule has 174 valence electrons. The highest BCUT2D eigenvalue weighted by Gasteiger charge is 2.12. The van der Waals surface area contributed by atoms with Crippen LogP contribution in [0.5, 0.6) is 5.75 Å². The lowest BCUT2D eigenvalue weighted by Crippen LogP contribution is -2.15. The van der Waals surface area contributed by atoms with Crippen LogP contribution in [0.4, 0.5) is 0 Å². The van der Waals surface area contributed by atoms with Crippen molar-refractivity contribution in [2.75, 3.05) is 13.2 Å². The Morgan fingerprint density at radius 1 is 0.938 bits per heavy atom. The number of unbranched alkanes of at least 4 members (excludes halogenated alkanes) is 1. The zero-order valence-electron chi connectivity index (χ0n) is 17.0. The number of nitrogens with zero attached hydrogens (tertiary/aromatic N) is 1. The first-order valence-electron chi connectivity index (χ1n) is 9.55. The smallest absolute Gasteiger partial charge is 0.343 e. The van der Waals surface area contributed by atoms with Gasteiger partial charge in [-0.1, -0.05) is 12.1 Å². The molecule has 0 atom stereocenters. The molecule has 2 aromatic carbocycles. The van der Waals surface area contributed by atoms with E-state index in [1.54, 1.807) is 24.3 Å². The lowest BCUT2D eigenvalue weighted by atomic mass is 10.1. The molecule has 4 N–H and O–H groups in total. The Labute approximate surface area is 184 Å². The van der Waals surface area contributed by atoms with Crippen molar-refractivity contribution in [1.29, 1.82) is 0 Å². The van der Waals surface area contributed by atoms with Crippen molar-refractivity contribution in [3.63, 3.8) is 0 Å². The molecule has 0 aliphatic heterocycles. The molecule has 11 nitrogen and oxygen atoms in total. The molecule has 0 bridgehead atoms. The minimum absolute atomic E-state index is 0.0676. The number of hydrogen-bond donors (Lipinski definition) is 3. The van der Waals surface area contributed by atoms with E-state index in [9.17, 15) is 18.0 Å². The van der Waals surface area contributed by atoms with Gasteiger partial charge in [0.15, 0.2) is 0 Å². The van der Waals surface area contributed by atoms with E-state index in [1.807, 2.05) is 0 Å². The van der Waals surface area contributed by atoms with Crippen LogP contribution >= 0.6 is 0 Å². The first-order chi connectivity index (χ1) is 15.1. The predicted molar refractivity (Wildman–Crippen MR) is 109 cm³/mol. The molecule has 0 aliphatic rings. The summed E-state index contributed by atoms with van der Waals surface area (Å²) in [7, 11) is -3.84. The lowest BCUT2D eigenvalue weighted by Gasteiger charge is -2.08. The molecule has 0 amide bonds. The largest absolute Gasteiger partial charge is 0.465 e. The minimum Gasteiger partial charge on any atom is -0.465 e. The molecule has 0 saturated carbocycles. The van der Waals surface area contributed by atoms with E-state index in [1.165, 1.54) is 24.3 Å². The summed E-state index contributed by atoms with van der Waals surface area (Å²) in [6.07, 6.45) is 1.61. The van der Waals surface area contributed by atoms with Gasteiger partial charge in [-0.05, 0) is 54.8 Å². The van der Waals surface area contributed by atoms with Gasteiger partial charge in [-0.2, -0.15) is 0 Å². The SMILES string of the molecule is NS(=O)(=O)c1ccc(C(=O)Oc2ccc(CCOC(=O)CCCCON(O)O)cc2)cc1. The topological polar surface area (TPSA) is 166 Å². The molecule has 32 heavy (non-hydrogen) atoms. The Hall–Kier alpha value is -2.87. The molecular formula is C20H24N2O9S. The van der Waals surface area contributed by atoms with E-state index in [4.69, 9.17) is 25.0 Å². The summed E-state index contributed by atoms with van der Waals surface area (Å²) in [6, 6.07) is 11.7. The maximum Gasteiger partial charge on any atom is 0.343 e. The number of hydrogen-bond acceptors (Lipinski definition) is 10. The molecule has 0 radical (unpaired) electrons. The van der Waals surface area contributed by atoms with E-state index < -0.39 is 16.0 Å². The van der Waals surface area contributed by atoms with Crippen molar-refractivity contribution in [2.45, 2.75) is 30.6 Å². The van der Waals surface area contributed by atoms with E-state index in [0.717, 1.165) is 5.56 Å². The fraction of sp³-hybridized carbons (Fsp3) is 0.300. The molecule has 0 aliphatic carbocycles. The van der Waals surface area contributed by atoms with E-state index >= 15 is 0 Å². The third kappa shape index (κ3) is 9.09. The Kier molecular flexibility index (Phi) is 9.71. The van der Waals surface area contributed by atoms with Crippen LogP contribution in [0.2, 0.25) is 0 Å². The quantitative estimate of drug-likeness (QED) is 0.181. The summed E-state index contributed by atoms with van der Waals surface area (Å²) in [6.45, 7) is 0.254. The van der Waals surface area contributed by atoms with Gasteiger partial charge in [0.1, 0.15) is 5.75 Å². The summed E-state index contributed by atoms with van der Waals surface area (Å²) >= 11 is 0. The van der Waals surface area contributed by atoms with E-state index in [0.29, 0.717) is 25.0 Å². The molecule has 0 heterocycles. The lowest BCUT2D eigenvalue weighted by molar-refractivity contribution is -0.492. The Balaban J connectivity index is 1.72. The van der Waals surface area contributed by atoms with Gasteiger partial charge in [0.25, 0.3) is 0 Å². The summed E-state index contributed by atoms with van der Waals surface area (Å²) in [5.74, 6) is -0.713. The zero-order valence-corrected chi connectivity index (χ0v) is 17.9. The molecule has 0 spiro atoms. The maximum absolute atomic E-state index is 12.2. The van der Waals surface area contributed by atoms with Crippen LogP contribution in [0.1, 0.15) is 35.2 Å². The molecule has 2 rings (SSSR count). The number of rotatable bonds is 12. The fourth-order valence-corrected chi connectivity index (χ4v) is 3.06. The monoisotopic (exact) mass is 468 g/mol. The van der Waals surface area contributed by atoms with Crippen molar-refractivity contribution in [3.05, 3.63) is 59.7 Å². The highest BCUT2D eigenvalue weighted by molar-refractivity contribution is 7.89. The summed E-state index contributed by atoms with van der Waals surface area (Å²) in [5.41, 5.74) is 1.04. The van der Waals surface area contributed by atoms with Gasteiger partial charge in [-0.25, -0.2) is 18.4 Å². The summed E-state index contributed by atoms with van der Waals surface area (Å²) in [4.78, 5) is 28.1. The van der Waals surface area contributed by atoms with Crippen molar-refractivity contribution < 1.29 is 42.7 Å². The summed E-state index contributed by atoms with van der Waals surface area (Å²) < 4.78 is 32.9. The van der Waals surface area contributed by atoms with Crippen molar-refractivity contribution in [2.24, 2.45) is 5.14 Å². The number of carbonyl (C=O) groups is 2. The van der Waals surface area contributed by atoms with Crippen LogP contribution in [0.3, 0.4) is 0 Å². The number of ether oxygens (including phenoxy) is 2. The van der Waals surface area contributed by atoms with Crippen molar-refractivity contribution in [1.82, 2.24) is 5.39 Å². The first-order valence-corrected chi connectivity index (χ1v) is 11.1. The predicted octanol–water partition coefficient (Wildman–Crippen LogP) is 1.82. The Morgan fingerprint density at radius 3 is 2.19 bits per heavy atom. The van der Waals surface area contributed by atoms with Crippen LogP contribution < -0.4 is 9.88 Å². The van der Waals surface area contributed by atoms with E-state index in [-0.39, 0.29) is 41.5 Å². The third-order valence-corrected chi connectivity index (χ3v) is 5.12. The second kappa shape index (κ2) is 12.2.